The van der Waals surface area contributed by atoms with Gasteiger partial charge in [0.2, 0.25) is 0 Å². The van der Waals surface area contributed by atoms with Gasteiger partial charge in [-0.3, -0.25) is 4.90 Å². The van der Waals surface area contributed by atoms with Gasteiger partial charge in [0.15, 0.2) is 0 Å². The Bertz CT molecular complexity index is 586. The predicted molar refractivity (Wildman–Crippen MR) is 76.4 cm³/mol. The minimum absolute atomic E-state index is 0.0242. The van der Waals surface area contributed by atoms with Gasteiger partial charge in [0.1, 0.15) is 0 Å². The zero-order valence-corrected chi connectivity index (χ0v) is 12.0. The number of morpholine rings is 1. The van der Waals surface area contributed by atoms with Crippen LogP contribution >= 0.6 is 0 Å². The molecule has 3 heterocycles. The van der Waals surface area contributed by atoms with Crippen LogP contribution in [0, 0.1) is 0 Å². The fourth-order valence-corrected chi connectivity index (χ4v) is 3.08. The first-order chi connectivity index (χ1) is 9.67. The molecule has 3 rings (SSSR count). The molecule has 1 fully saturated rings. The summed E-state index contributed by atoms with van der Waals surface area (Å²) in [6, 6.07) is 4.12. The van der Waals surface area contributed by atoms with Crippen molar-refractivity contribution in [1.82, 2.24) is 14.5 Å². The molecule has 0 spiro atoms. The average molecular weight is 275 g/mol. The molecule has 0 aromatic carbocycles. The highest BCUT2D eigenvalue weighted by Gasteiger charge is 2.23. The van der Waals surface area contributed by atoms with Gasteiger partial charge in [-0.2, -0.15) is 5.10 Å². The number of hydrogen-bond acceptors (Lipinski definition) is 4. The fourth-order valence-electron chi connectivity index (χ4n) is 3.08. The molecule has 2 aromatic rings. The molecule has 1 N–H and O–H groups in total. The summed E-state index contributed by atoms with van der Waals surface area (Å²) in [5.74, 6) is 0. The molecule has 1 saturated heterocycles. The highest BCUT2D eigenvalue weighted by molar-refractivity contribution is 5.60. The molecule has 1 aliphatic rings. The van der Waals surface area contributed by atoms with Crippen LogP contribution in [0.1, 0.15) is 25.0 Å². The van der Waals surface area contributed by atoms with Crippen LogP contribution in [0.15, 0.2) is 24.5 Å². The van der Waals surface area contributed by atoms with Crippen molar-refractivity contribution in [3.05, 3.63) is 35.7 Å². The molecular formula is C15H21N3O2. The van der Waals surface area contributed by atoms with Crippen LogP contribution in [0.2, 0.25) is 0 Å². The number of aromatic nitrogens is 2. The van der Waals surface area contributed by atoms with Crippen molar-refractivity contribution in [3.63, 3.8) is 0 Å². The average Bonchev–Trinajstić information content (AvgIpc) is 2.81. The number of aliphatic hydroxyl groups excluding tert-OH is 1. The minimum Gasteiger partial charge on any atom is -0.392 e. The van der Waals surface area contributed by atoms with Crippen LogP contribution in [0.5, 0.6) is 0 Å². The Hall–Kier alpha value is -1.43. The van der Waals surface area contributed by atoms with E-state index in [-0.39, 0.29) is 18.8 Å². The van der Waals surface area contributed by atoms with Gasteiger partial charge in [-0.25, -0.2) is 4.52 Å². The molecule has 2 unspecified atom stereocenters. The Morgan fingerprint density at radius 1 is 1.30 bits per heavy atom. The molecule has 20 heavy (non-hydrogen) atoms. The summed E-state index contributed by atoms with van der Waals surface area (Å²) in [4.78, 5) is 2.41. The summed E-state index contributed by atoms with van der Waals surface area (Å²) in [6.45, 7) is 6.99. The van der Waals surface area contributed by atoms with Crippen LogP contribution in [0.3, 0.4) is 0 Å². The van der Waals surface area contributed by atoms with Crippen molar-refractivity contribution in [3.8, 4) is 0 Å². The molecular weight excluding hydrogens is 254 g/mol. The van der Waals surface area contributed by atoms with E-state index in [0.29, 0.717) is 0 Å². The molecule has 108 valence electrons. The molecule has 0 aliphatic carbocycles. The second kappa shape index (κ2) is 5.52. The maximum atomic E-state index is 9.45. The smallest absolute Gasteiger partial charge is 0.0761 e. The van der Waals surface area contributed by atoms with Crippen LogP contribution in [0.4, 0.5) is 0 Å². The van der Waals surface area contributed by atoms with Crippen molar-refractivity contribution in [2.75, 3.05) is 13.1 Å². The van der Waals surface area contributed by atoms with Gasteiger partial charge in [0.05, 0.1) is 30.5 Å². The lowest BCUT2D eigenvalue weighted by atomic mass is 10.1. The molecule has 0 bridgehead atoms. The standard InChI is InChI=1S/C15H21N3O2/c1-11-7-17(8-12(2)20-11)9-13-4-3-5-18-15(13)14(10-19)6-16-18/h3-6,11-12,19H,7-10H2,1-2H3. The number of hydrogen-bond donors (Lipinski definition) is 1. The van der Waals surface area contributed by atoms with Crippen molar-refractivity contribution in [1.29, 1.82) is 0 Å². The van der Waals surface area contributed by atoms with Crippen molar-refractivity contribution in [2.24, 2.45) is 0 Å². The van der Waals surface area contributed by atoms with Crippen LogP contribution in [-0.2, 0) is 17.9 Å². The zero-order chi connectivity index (χ0) is 14.1. The third kappa shape index (κ3) is 2.57. The Labute approximate surface area is 118 Å². The summed E-state index contributed by atoms with van der Waals surface area (Å²) < 4.78 is 7.61. The monoisotopic (exact) mass is 275 g/mol. The molecule has 0 radical (unpaired) electrons. The van der Waals surface area contributed by atoms with Gasteiger partial charge < -0.3 is 9.84 Å². The maximum absolute atomic E-state index is 9.45. The van der Waals surface area contributed by atoms with E-state index < -0.39 is 0 Å². The predicted octanol–water partition coefficient (Wildman–Crippen LogP) is 1.44. The molecule has 1 aliphatic heterocycles. The minimum atomic E-state index is 0.0242. The number of fused-ring (bicyclic) bond motifs is 1. The molecule has 5 heteroatoms. The third-order valence-corrected chi connectivity index (χ3v) is 3.76. The van der Waals surface area contributed by atoms with E-state index in [9.17, 15) is 5.11 Å². The van der Waals surface area contributed by atoms with E-state index >= 15 is 0 Å². The van der Waals surface area contributed by atoms with E-state index in [1.807, 2.05) is 16.8 Å². The number of aliphatic hydroxyl groups is 1. The summed E-state index contributed by atoms with van der Waals surface area (Å²) in [5, 5.41) is 13.7. The van der Waals surface area contributed by atoms with E-state index in [1.54, 1.807) is 6.20 Å². The fraction of sp³-hybridized carbons (Fsp3) is 0.533. The summed E-state index contributed by atoms with van der Waals surface area (Å²) in [5.41, 5.74) is 3.12. The summed E-state index contributed by atoms with van der Waals surface area (Å²) >= 11 is 0. The van der Waals surface area contributed by atoms with Crippen LogP contribution in [-0.4, -0.2) is 44.9 Å². The Balaban J connectivity index is 1.88. The molecule has 2 aromatic heterocycles. The summed E-state index contributed by atoms with van der Waals surface area (Å²) in [7, 11) is 0. The summed E-state index contributed by atoms with van der Waals surface area (Å²) in [6.07, 6.45) is 4.19. The number of pyridine rings is 1. The SMILES string of the molecule is CC1CN(Cc2cccn3ncc(CO)c23)CC(C)O1. The second-order valence-electron chi connectivity index (χ2n) is 5.61. The van der Waals surface area contributed by atoms with E-state index in [2.05, 4.69) is 29.9 Å². The quantitative estimate of drug-likeness (QED) is 0.921. The lowest BCUT2D eigenvalue weighted by molar-refractivity contribution is -0.0704. The Morgan fingerprint density at radius 2 is 2.05 bits per heavy atom. The normalized spacial score (nSPS) is 24.4. The van der Waals surface area contributed by atoms with Gasteiger partial charge in [-0.1, -0.05) is 6.07 Å². The molecule has 0 saturated carbocycles. The number of rotatable bonds is 3. The first-order valence-electron chi connectivity index (χ1n) is 7.10. The van der Waals surface area contributed by atoms with E-state index in [1.165, 1.54) is 5.56 Å². The van der Waals surface area contributed by atoms with Gasteiger partial charge in [-0.15, -0.1) is 0 Å². The molecule has 5 nitrogen and oxygen atoms in total. The van der Waals surface area contributed by atoms with Gasteiger partial charge in [0.25, 0.3) is 0 Å². The number of ether oxygens (including phenoxy) is 1. The number of nitrogens with zero attached hydrogens (tertiary/aromatic N) is 3. The van der Waals surface area contributed by atoms with E-state index in [4.69, 9.17) is 4.74 Å². The lowest BCUT2D eigenvalue weighted by Gasteiger charge is -2.35. The first kappa shape index (κ1) is 13.5. The molecule has 0 amide bonds. The largest absolute Gasteiger partial charge is 0.392 e. The van der Waals surface area contributed by atoms with E-state index in [0.717, 1.165) is 30.7 Å². The molecule has 2 atom stereocenters. The Kier molecular flexibility index (Phi) is 3.74. The maximum Gasteiger partial charge on any atom is 0.0761 e. The highest BCUT2D eigenvalue weighted by atomic mass is 16.5. The lowest BCUT2D eigenvalue weighted by Crippen LogP contribution is -2.44. The highest BCUT2D eigenvalue weighted by Crippen LogP contribution is 2.20. The van der Waals surface area contributed by atoms with Crippen molar-refractivity contribution in [2.45, 2.75) is 39.2 Å². The topological polar surface area (TPSA) is 50.0 Å². The van der Waals surface area contributed by atoms with Gasteiger partial charge in [-0.05, 0) is 25.5 Å². The second-order valence-corrected chi connectivity index (χ2v) is 5.61. The van der Waals surface area contributed by atoms with Crippen LogP contribution in [0.25, 0.3) is 5.52 Å². The van der Waals surface area contributed by atoms with Gasteiger partial charge >= 0.3 is 0 Å². The third-order valence-electron chi connectivity index (χ3n) is 3.76. The zero-order valence-electron chi connectivity index (χ0n) is 12.0. The Morgan fingerprint density at radius 3 is 2.75 bits per heavy atom. The van der Waals surface area contributed by atoms with Crippen molar-refractivity contribution < 1.29 is 9.84 Å². The van der Waals surface area contributed by atoms with Crippen molar-refractivity contribution >= 4 is 5.52 Å². The van der Waals surface area contributed by atoms with Crippen LogP contribution < -0.4 is 0 Å². The van der Waals surface area contributed by atoms with Gasteiger partial charge in [0, 0.05) is 31.4 Å². The first-order valence-corrected chi connectivity index (χ1v) is 7.10.